The molecular weight excluding hydrogens is 560 g/mol. The zero-order valence-electron chi connectivity index (χ0n) is 15.8. The average molecular weight is 578 g/mol. The van der Waals surface area contributed by atoms with Crippen molar-refractivity contribution >= 4 is 77.8 Å². The van der Waals surface area contributed by atoms with Crippen LogP contribution in [0.15, 0.2) is 31.8 Å². The molecule has 0 aliphatic heterocycles. The van der Waals surface area contributed by atoms with Crippen LogP contribution in [0.25, 0.3) is 19.5 Å². The van der Waals surface area contributed by atoms with E-state index in [9.17, 15) is 9.59 Å². The third-order valence-electron chi connectivity index (χ3n) is 4.26. The van der Waals surface area contributed by atoms with E-state index in [1.54, 1.807) is 34.0 Å². The normalized spacial score (nSPS) is 10.9. The Balaban J connectivity index is 1.85. The largest absolute Gasteiger partial charge is 0.469 e. The van der Waals surface area contributed by atoms with E-state index in [1.165, 1.54) is 33.7 Å². The van der Waals surface area contributed by atoms with Gasteiger partial charge in [-0.1, -0.05) is 0 Å². The van der Waals surface area contributed by atoms with E-state index in [4.69, 9.17) is 9.47 Å². The van der Waals surface area contributed by atoms with Crippen molar-refractivity contribution in [3.8, 4) is 19.5 Å². The van der Waals surface area contributed by atoms with Crippen LogP contribution in [0.5, 0.6) is 0 Å². The average Bonchev–Trinajstić information content (AvgIpc) is 3.41. The molecule has 9 heteroatoms. The summed E-state index contributed by atoms with van der Waals surface area (Å²) in [5.41, 5.74) is 2.28. The number of aryl methyl sites for hydroxylation is 2. The lowest BCUT2D eigenvalue weighted by Crippen LogP contribution is -2.01. The summed E-state index contributed by atoms with van der Waals surface area (Å²) >= 11 is 12.2. The molecule has 0 amide bonds. The smallest absolute Gasteiger partial charge is 0.305 e. The fourth-order valence-electron chi connectivity index (χ4n) is 2.84. The Morgan fingerprint density at radius 2 is 1.21 bits per heavy atom. The summed E-state index contributed by atoms with van der Waals surface area (Å²) in [5, 5.41) is 0. The number of esters is 2. The standard InChI is InChI=1S/C20H18Br2O4S3/c1-25-17(23)7-3-11-9-15(21)28-19(11)13-5-6-14(27-13)20-12(10-16(22)29-20)4-8-18(24)26-2/h5-6,9-10H,3-4,7-8H2,1-2H3. The molecule has 3 aromatic rings. The molecule has 29 heavy (non-hydrogen) atoms. The predicted molar refractivity (Wildman–Crippen MR) is 127 cm³/mol. The second kappa shape index (κ2) is 10.3. The van der Waals surface area contributed by atoms with Crippen LogP contribution in [0.2, 0.25) is 0 Å². The van der Waals surface area contributed by atoms with Crippen molar-refractivity contribution in [1.29, 1.82) is 0 Å². The predicted octanol–water partition coefficient (Wildman–Crippen LogP) is 6.94. The van der Waals surface area contributed by atoms with Crippen LogP contribution in [0.4, 0.5) is 0 Å². The van der Waals surface area contributed by atoms with Crippen LogP contribution in [0, 0.1) is 0 Å². The van der Waals surface area contributed by atoms with Gasteiger partial charge in [0.2, 0.25) is 0 Å². The van der Waals surface area contributed by atoms with Crippen molar-refractivity contribution in [2.24, 2.45) is 0 Å². The number of carbonyl (C=O) groups excluding carboxylic acids is 2. The summed E-state index contributed by atoms with van der Waals surface area (Å²) in [7, 11) is 2.82. The Kier molecular flexibility index (Phi) is 8.09. The molecule has 3 rings (SSSR count). The van der Waals surface area contributed by atoms with Crippen molar-refractivity contribution in [3.05, 3.63) is 43.0 Å². The summed E-state index contributed by atoms with van der Waals surface area (Å²) in [5.74, 6) is -0.410. The summed E-state index contributed by atoms with van der Waals surface area (Å²) < 4.78 is 11.6. The molecule has 0 saturated heterocycles. The van der Waals surface area contributed by atoms with E-state index in [1.807, 2.05) is 0 Å². The summed E-state index contributed by atoms with van der Waals surface area (Å²) in [4.78, 5) is 27.7. The molecule has 0 aliphatic carbocycles. The summed E-state index contributed by atoms with van der Waals surface area (Å²) in [6.45, 7) is 0. The van der Waals surface area contributed by atoms with Crippen LogP contribution >= 0.6 is 65.9 Å². The van der Waals surface area contributed by atoms with E-state index < -0.39 is 0 Å². The van der Waals surface area contributed by atoms with Gasteiger partial charge in [-0.25, -0.2) is 0 Å². The molecule has 4 nitrogen and oxygen atoms in total. The number of carbonyl (C=O) groups is 2. The van der Waals surface area contributed by atoms with Crippen molar-refractivity contribution in [3.63, 3.8) is 0 Å². The van der Waals surface area contributed by atoms with E-state index in [0.29, 0.717) is 25.7 Å². The van der Waals surface area contributed by atoms with Crippen LogP contribution in [-0.4, -0.2) is 26.2 Å². The first-order chi connectivity index (χ1) is 13.9. The number of methoxy groups -OCH3 is 2. The topological polar surface area (TPSA) is 52.6 Å². The van der Waals surface area contributed by atoms with E-state index in [-0.39, 0.29) is 11.9 Å². The monoisotopic (exact) mass is 576 g/mol. The Bertz CT molecular complexity index is 940. The highest BCUT2D eigenvalue weighted by atomic mass is 79.9. The lowest BCUT2D eigenvalue weighted by Gasteiger charge is -2.02. The molecule has 154 valence electrons. The SMILES string of the molecule is COC(=O)CCc1cc(Br)sc1-c1ccc(-c2sc(Br)cc2CCC(=O)OC)s1. The van der Waals surface area contributed by atoms with Gasteiger partial charge in [0.15, 0.2) is 0 Å². The molecule has 0 aromatic carbocycles. The maximum absolute atomic E-state index is 11.5. The number of hydrogen-bond acceptors (Lipinski definition) is 7. The number of hydrogen-bond donors (Lipinski definition) is 0. The third-order valence-corrected chi connectivity index (χ3v) is 9.07. The molecule has 0 atom stereocenters. The fourth-order valence-corrected chi connectivity index (χ4v) is 7.53. The minimum atomic E-state index is -0.205. The first kappa shape index (κ1) is 22.7. The highest BCUT2D eigenvalue weighted by molar-refractivity contribution is 9.11. The van der Waals surface area contributed by atoms with Gasteiger partial charge in [0.05, 0.1) is 21.8 Å². The molecule has 0 bridgehead atoms. The van der Waals surface area contributed by atoms with E-state index in [0.717, 1.165) is 18.7 Å². The quantitative estimate of drug-likeness (QED) is 0.272. The number of ether oxygens (including phenoxy) is 2. The van der Waals surface area contributed by atoms with Gasteiger partial charge in [-0.3, -0.25) is 9.59 Å². The number of thiophene rings is 3. The van der Waals surface area contributed by atoms with Gasteiger partial charge < -0.3 is 9.47 Å². The van der Waals surface area contributed by atoms with E-state index >= 15 is 0 Å². The van der Waals surface area contributed by atoms with Gasteiger partial charge in [-0.15, -0.1) is 34.0 Å². The van der Waals surface area contributed by atoms with Crippen molar-refractivity contribution in [2.45, 2.75) is 25.7 Å². The Morgan fingerprint density at radius 3 is 1.59 bits per heavy atom. The molecule has 0 fully saturated rings. The van der Waals surface area contributed by atoms with E-state index in [2.05, 4.69) is 56.1 Å². The summed E-state index contributed by atoms with van der Waals surface area (Å²) in [6.07, 6.45) is 2.01. The maximum atomic E-state index is 11.5. The maximum Gasteiger partial charge on any atom is 0.305 e. The lowest BCUT2D eigenvalue weighted by atomic mass is 10.1. The second-order valence-corrected chi connectivity index (χ2v) is 12.1. The highest BCUT2D eigenvalue weighted by Crippen LogP contribution is 2.45. The van der Waals surface area contributed by atoms with Crippen molar-refractivity contribution in [1.82, 2.24) is 0 Å². The minimum absolute atomic E-state index is 0.205. The van der Waals surface area contributed by atoms with Crippen LogP contribution in [-0.2, 0) is 31.9 Å². The first-order valence-electron chi connectivity index (χ1n) is 8.72. The van der Waals surface area contributed by atoms with Crippen LogP contribution in [0.1, 0.15) is 24.0 Å². The van der Waals surface area contributed by atoms with Gasteiger partial charge in [-0.2, -0.15) is 0 Å². The zero-order chi connectivity index (χ0) is 21.0. The molecule has 3 heterocycles. The molecule has 0 aliphatic rings. The molecule has 0 spiro atoms. The molecule has 0 saturated carbocycles. The Morgan fingerprint density at radius 1 is 0.793 bits per heavy atom. The van der Waals surface area contributed by atoms with Gasteiger partial charge in [0.1, 0.15) is 0 Å². The fraction of sp³-hybridized carbons (Fsp3) is 0.300. The molecule has 0 unspecified atom stereocenters. The van der Waals surface area contributed by atoms with Crippen molar-refractivity contribution < 1.29 is 19.1 Å². The van der Waals surface area contributed by atoms with Gasteiger partial charge in [0, 0.05) is 32.4 Å². The molecule has 0 radical (unpaired) electrons. The zero-order valence-corrected chi connectivity index (χ0v) is 21.4. The van der Waals surface area contributed by atoms with Crippen LogP contribution in [0.3, 0.4) is 0 Å². The second-order valence-electron chi connectivity index (χ2n) is 6.13. The van der Waals surface area contributed by atoms with Crippen LogP contribution < -0.4 is 0 Å². The van der Waals surface area contributed by atoms with Gasteiger partial charge in [0.25, 0.3) is 0 Å². The van der Waals surface area contributed by atoms with Gasteiger partial charge in [-0.05, 0) is 80.1 Å². The number of halogens is 2. The third kappa shape index (κ3) is 5.79. The summed E-state index contributed by atoms with van der Waals surface area (Å²) in [6, 6.07) is 8.40. The minimum Gasteiger partial charge on any atom is -0.469 e. The first-order valence-corrected chi connectivity index (χ1v) is 12.8. The Labute approximate surface area is 198 Å². The number of rotatable bonds is 8. The molecular formula is C20H18Br2O4S3. The lowest BCUT2D eigenvalue weighted by molar-refractivity contribution is -0.141. The Hall–Kier alpha value is -1.00. The highest BCUT2D eigenvalue weighted by Gasteiger charge is 2.17. The molecule has 0 N–H and O–H groups in total. The van der Waals surface area contributed by atoms with Crippen molar-refractivity contribution in [2.75, 3.05) is 14.2 Å². The molecule has 3 aromatic heterocycles. The van der Waals surface area contributed by atoms with Gasteiger partial charge >= 0.3 is 11.9 Å².